The molecule has 0 spiro atoms. The zero-order valence-electron chi connectivity index (χ0n) is 15.6. The average molecular weight is 462 g/mol. The van der Waals surface area contributed by atoms with Crippen molar-refractivity contribution in [2.75, 3.05) is 0 Å². The van der Waals surface area contributed by atoms with Gasteiger partial charge in [-0.2, -0.15) is 0 Å². The van der Waals surface area contributed by atoms with Gasteiger partial charge >= 0.3 is 4.18 Å². The van der Waals surface area contributed by atoms with Gasteiger partial charge in [-0.1, -0.05) is 65.8 Å². The Morgan fingerprint density at radius 1 is 0.560 bits per heavy atom. The zero-order valence-corrected chi connectivity index (χ0v) is 17.8. The summed E-state index contributed by atoms with van der Waals surface area (Å²) < 4.78 is 38.2. The predicted molar refractivity (Wildman–Crippen MR) is 93.7 cm³/mol. The van der Waals surface area contributed by atoms with E-state index in [4.69, 9.17) is 0 Å². The molecule has 0 N–H and O–H groups in total. The Morgan fingerprint density at radius 3 is 1.04 bits per heavy atom. The maximum Gasteiger partial charge on any atom is 0.571 e. The van der Waals surface area contributed by atoms with Crippen molar-refractivity contribution in [3.05, 3.63) is 66.8 Å². The summed E-state index contributed by atoms with van der Waals surface area (Å²) in [4.78, 5) is 0. The third-order valence-electron chi connectivity index (χ3n) is 4.07. The fourth-order valence-electron chi connectivity index (χ4n) is 2.53. The molecule has 0 atom stereocenters. The highest BCUT2D eigenvalue weighted by molar-refractivity contribution is 5.24. The van der Waals surface area contributed by atoms with Gasteiger partial charge in [-0.15, -0.1) is 13.2 Å². The number of hydrogen-bond acceptors (Lipinski definition) is 0. The van der Waals surface area contributed by atoms with E-state index in [2.05, 4.69) is 41.5 Å². The van der Waals surface area contributed by atoms with Crippen molar-refractivity contribution in [1.82, 2.24) is 0 Å². The molecule has 25 heavy (non-hydrogen) atoms. The van der Waals surface area contributed by atoms with Crippen molar-refractivity contribution in [1.29, 1.82) is 0 Å². The van der Waals surface area contributed by atoms with Gasteiger partial charge in [0.1, 0.15) is 0 Å². The lowest BCUT2D eigenvalue weighted by atomic mass is 9.87. The molecular formula is C21H26F3I+. The van der Waals surface area contributed by atoms with Crippen LogP contribution in [0.3, 0.4) is 0 Å². The maximum absolute atomic E-state index is 13.8. The van der Waals surface area contributed by atoms with E-state index in [1.807, 2.05) is 24.3 Å². The van der Waals surface area contributed by atoms with E-state index in [1.54, 1.807) is 24.3 Å². The SMILES string of the molecule is CC(C)(C)c1ccc([I+](c2ccc(C(C)(C)C)cc2)C(F)(F)F)cc1. The second-order valence-electron chi connectivity index (χ2n) is 8.23. The minimum absolute atomic E-state index is 0.0653. The molecule has 0 saturated carbocycles. The van der Waals surface area contributed by atoms with E-state index in [9.17, 15) is 13.2 Å². The van der Waals surface area contributed by atoms with E-state index in [0.717, 1.165) is 11.1 Å². The van der Waals surface area contributed by atoms with Crippen molar-refractivity contribution in [3.63, 3.8) is 0 Å². The Kier molecular flexibility index (Phi) is 5.62. The lowest BCUT2D eigenvalue weighted by Crippen LogP contribution is -3.89. The number of rotatable bonds is 2. The summed E-state index contributed by atoms with van der Waals surface area (Å²) in [6.07, 6.45) is 0. The highest BCUT2D eigenvalue weighted by Crippen LogP contribution is 2.22. The summed E-state index contributed by atoms with van der Waals surface area (Å²) in [6.45, 7) is 12.4. The first-order chi connectivity index (χ1) is 11.3. The molecule has 137 valence electrons. The van der Waals surface area contributed by atoms with Gasteiger partial charge in [0.2, 0.25) is 0 Å². The van der Waals surface area contributed by atoms with Gasteiger partial charge in [0, 0.05) is 0 Å². The molecule has 0 fully saturated rings. The molecular weight excluding hydrogens is 436 g/mol. The third-order valence-corrected chi connectivity index (χ3v) is 9.22. The molecule has 0 bridgehead atoms. The molecule has 2 aromatic rings. The Bertz CT molecular complexity index is 642. The van der Waals surface area contributed by atoms with Crippen LogP contribution in [0.4, 0.5) is 13.2 Å². The highest BCUT2D eigenvalue weighted by atomic mass is 127. The molecule has 0 aromatic heterocycles. The normalized spacial score (nSPS) is 13.4. The minimum atomic E-state index is -4.17. The van der Waals surface area contributed by atoms with Crippen LogP contribution in [-0.4, -0.2) is 4.18 Å². The van der Waals surface area contributed by atoms with Crippen molar-refractivity contribution >= 4 is 0 Å². The molecule has 0 aliphatic heterocycles. The molecule has 1 radical (unpaired) electrons. The summed E-state index contributed by atoms with van der Waals surface area (Å²) >= 11 is -3.50. The largest absolute Gasteiger partial charge is 0.571 e. The first-order valence-electron chi connectivity index (χ1n) is 8.28. The smallest absolute Gasteiger partial charge is 0.128 e. The Balaban J connectivity index is 2.44. The fourth-order valence-corrected chi connectivity index (χ4v) is 6.81. The quantitative estimate of drug-likeness (QED) is 0.474. The molecule has 0 saturated heterocycles. The number of benzene rings is 2. The van der Waals surface area contributed by atoms with E-state index in [-0.39, 0.29) is 10.8 Å². The maximum atomic E-state index is 13.8. The molecule has 0 nitrogen and oxygen atoms in total. The van der Waals surface area contributed by atoms with E-state index in [1.165, 1.54) is 0 Å². The van der Waals surface area contributed by atoms with Crippen LogP contribution in [0.15, 0.2) is 48.5 Å². The molecule has 2 aromatic carbocycles. The Hall–Kier alpha value is -1.04. The number of alkyl halides is 4. The van der Waals surface area contributed by atoms with Gasteiger partial charge in [-0.05, 0) is 46.2 Å². The molecule has 0 aliphatic carbocycles. The number of halogens is 4. The van der Waals surface area contributed by atoms with Gasteiger partial charge in [0.05, 0.1) is 0 Å². The van der Waals surface area contributed by atoms with Gasteiger partial charge in [-0.3, -0.25) is 0 Å². The van der Waals surface area contributed by atoms with E-state index < -0.39 is 24.0 Å². The molecule has 0 heterocycles. The molecule has 4 heteroatoms. The Labute approximate surface area is 156 Å². The van der Waals surface area contributed by atoms with E-state index >= 15 is 0 Å². The average Bonchev–Trinajstić information content (AvgIpc) is 2.45. The van der Waals surface area contributed by atoms with Crippen LogP contribution in [0.5, 0.6) is 0 Å². The Morgan fingerprint density at radius 2 is 0.840 bits per heavy atom. The van der Waals surface area contributed by atoms with Gasteiger partial charge in [0.15, 0.2) is 7.14 Å². The zero-order chi connectivity index (χ0) is 19.0. The van der Waals surface area contributed by atoms with Crippen LogP contribution < -0.4 is 19.8 Å². The van der Waals surface area contributed by atoms with Crippen molar-refractivity contribution < 1.29 is 33.0 Å². The summed E-state index contributed by atoms with van der Waals surface area (Å²) in [5.41, 5.74) is 1.98. The summed E-state index contributed by atoms with van der Waals surface area (Å²) in [7, 11) is 0. The third kappa shape index (κ3) is 4.99. The van der Waals surface area contributed by atoms with Gasteiger partial charge < -0.3 is 0 Å². The van der Waals surface area contributed by atoms with E-state index in [0.29, 0.717) is 7.14 Å². The summed E-state index contributed by atoms with van der Waals surface area (Å²) in [6, 6.07) is 14.1. The van der Waals surface area contributed by atoms with Crippen LogP contribution in [0.25, 0.3) is 0 Å². The topological polar surface area (TPSA) is 0 Å². The van der Waals surface area contributed by atoms with Gasteiger partial charge in [0.25, 0.3) is 19.8 Å². The fraction of sp³-hybridized carbons (Fsp3) is 0.429. The van der Waals surface area contributed by atoms with Crippen molar-refractivity contribution in [2.24, 2.45) is 0 Å². The second kappa shape index (κ2) is 6.93. The van der Waals surface area contributed by atoms with Crippen LogP contribution in [0.1, 0.15) is 52.7 Å². The van der Waals surface area contributed by atoms with Crippen LogP contribution in [0, 0.1) is 7.14 Å². The summed E-state index contributed by atoms with van der Waals surface area (Å²) in [5, 5.41) is 0. The molecule has 0 unspecified atom stereocenters. The molecule has 0 aliphatic rings. The van der Waals surface area contributed by atoms with Crippen LogP contribution >= 0.6 is 0 Å². The lowest BCUT2D eigenvalue weighted by Gasteiger charge is -2.20. The lowest BCUT2D eigenvalue weighted by molar-refractivity contribution is -0.973. The summed E-state index contributed by atoms with van der Waals surface area (Å²) in [5.74, 6) is 0. The monoisotopic (exact) mass is 462 g/mol. The van der Waals surface area contributed by atoms with Crippen LogP contribution in [-0.2, 0) is 10.8 Å². The minimum Gasteiger partial charge on any atom is -0.128 e. The molecule has 2 rings (SSSR count). The first kappa shape index (κ1) is 20.3. The highest BCUT2D eigenvalue weighted by Gasteiger charge is 2.55. The number of hydrogen-bond donors (Lipinski definition) is 0. The predicted octanol–water partition coefficient (Wildman–Crippen LogP) is 3.47. The van der Waals surface area contributed by atoms with Gasteiger partial charge in [-0.25, -0.2) is 0 Å². The standard InChI is InChI=1S/C21H26F3I/c1-19(2,3)15-7-11-17(12-8-15)25(21(22,23)24)18-13-9-16(10-14-18)20(4,5)6/h7-14H,1-6H3/q+1. The second-order valence-corrected chi connectivity index (χ2v) is 13.6. The van der Waals surface area contributed by atoms with Crippen molar-refractivity contribution in [3.8, 4) is 0 Å². The molecule has 0 amide bonds. The van der Waals surface area contributed by atoms with Crippen molar-refractivity contribution in [2.45, 2.75) is 56.6 Å². The van der Waals surface area contributed by atoms with Crippen LogP contribution in [0.2, 0.25) is 0 Å². The first-order valence-corrected chi connectivity index (χ1v) is 11.5.